The average molecular weight is 280 g/mol. The Labute approximate surface area is 115 Å². The molecule has 0 radical (unpaired) electrons. The van der Waals surface area contributed by atoms with Crippen LogP contribution in [0.25, 0.3) is 0 Å². The number of rotatable bonds is 3. The van der Waals surface area contributed by atoms with Gasteiger partial charge in [0.2, 0.25) is 5.91 Å². The van der Waals surface area contributed by atoms with Crippen LogP contribution in [0.1, 0.15) is 17.5 Å². The van der Waals surface area contributed by atoms with Gasteiger partial charge < -0.3 is 14.6 Å². The molecule has 0 saturated heterocycles. The van der Waals surface area contributed by atoms with Crippen molar-refractivity contribution in [2.45, 2.75) is 18.5 Å². The van der Waals surface area contributed by atoms with E-state index in [0.717, 1.165) is 17.9 Å². The first kappa shape index (κ1) is 12.7. The van der Waals surface area contributed by atoms with Crippen LogP contribution in [0, 0.1) is 0 Å². The number of aliphatic imine (C=N–C) groups is 1. The second-order valence-corrected chi connectivity index (χ2v) is 5.54. The fourth-order valence-corrected chi connectivity index (χ4v) is 3.22. The van der Waals surface area contributed by atoms with E-state index in [2.05, 4.69) is 15.3 Å². The third-order valence-corrected chi connectivity index (χ3v) is 4.31. The minimum absolute atomic E-state index is 0.0464. The van der Waals surface area contributed by atoms with E-state index < -0.39 is 6.04 Å². The molecular weight excluding hydrogens is 264 g/mol. The Kier molecular flexibility index (Phi) is 3.56. The molecule has 0 aromatic carbocycles. The number of hydrogen-bond acceptors (Lipinski definition) is 6. The van der Waals surface area contributed by atoms with Crippen molar-refractivity contribution < 1.29 is 9.21 Å². The highest BCUT2D eigenvalue weighted by Crippen LogP contribution is 2.24. The van der Waals surface area contributed by atoms with Gasteiger partial charge in [0.05, 0.1) is 17.3 Å². The largest absolute Gasteiger partial charge is 0.446 e. The van der Waals surface area contributed by atoms with Crippen LogP contribution in [-0.4, -0.2) is 53.3 Å². The van der Waals surface area contributed by atoms with E-state index in [1.165, 1.54) is 6.39 Å². The molecule has 2 atom stereocenters. The predicted octanol–water partition coefficient (Wildman–Crippen LogP) is 0.464. The smallest absolute Gasteiger partial charge is 0.247 e. The summed E-state index contributed by atoms with van der Waals surface area (Å²) in [5, 5.41) is 3.02. The summed E-state index contributed by atoms with van der Waals surface area (Å²) in [5.74, 6) is 1.65. The van der Waals surface area contributed by atoms with Crippen molar-refractivity contribution in [3.05, 3.63) is 17.8 Å². The Morgan fingerprint density at radius 2 is 2.53 bits per heavy atom. The van der Waals surface area contributed by atoms with Crippen molar-refractivity contribution >= 4 is 23.2 Å². The molecular formula is C12H16N4O2S. The van der Waals surface area contributed by atoms with E-state index in [0.29, 0.717) is 18.8 Å². The molecule has 7 heteroatoms. The highest BCUT2D eigenvalue weighted by atomic mass is 32.2. The lowest BCUT2D eigenvalue weighted by molar-refractivity contribution is -0.133. The number of amides is 1. The fraction of sp³-hybridized carbons (Fsp3) is 0.583. The van der Waals surface area contributed by atoms with Gasteiger partial charge in [-0.05, 0) is 7.05 Å². The molecule has 0 bridgehead atoms. The van der Waals surface area contributed by atoms with E-state index in [9.17, 15) is 4.79 Å². The zero-order chi connectivity index (χ0) is 13.2. The third kappa shape index (κ3) is 2.40. The molecule has 1 amide bonds. The van der Waals surface area contributed by atoms with E-state index >= 15 is 0 Å². The zero-order valence-corrected chi connectivity index (χ0v) is 11.5. The number of thioether (sulfide) groups is 1. The molecule has 3 heterocycles. The van der Waals surface area contributed by atoms with Crippen molar-refractivity contribution in [3.8, 4) is 0 Å². The number of nitrogens with zero attached hydrogens (tertiary/aromatic N) is 3. The molecule has 2 unspecified atom stereocenters. The van der Waals surface area contributed by atoms with Gasteiger partial charge in [0.15, 0.2) is 12.2 Å². The first-order valence-electron chi connectivity index (χ1n) is 6.31. The lowest BCUT2D eigenvalue weighted by Crippen LogP contribution is -2.42. The Hall–Kier alpha value is -1.34. The van der Waals surface area contributed by atoms with Crippen LogP contribution < -0.4 is 5.32 Å². The average Bonchev–Trinajstić information content (AvgIpc) is 3.04. The van der Waals surface area contributed by atoms with E-state index in [-0.39, 0.29) is 11.9 Å². The van der Waals surface area contributed by atoms with Crippen LogP contribution in [-0.2, 0) is 11.2 Å². The van der Waals surface area contributed by atoms with Crippen LogP contribution in [0.15, 0.2) is 15.8 Å². The number of likely N-dealkylation sites (N-methyl/N-ethyl adjacent to an activating group) is 1. The monoisotopic (exact) mass is 280 g/mol. The van der Waals surface area contributed by atoms with E-state index in [4.69, 9.17) is 4.42 Å². The van der Waals surface area contributed by atoms with Crippen LogP contribution in [0.2, 0.25) is 0 Å². The molecule has 19 heavy (non-hydrogen) atoms. The van der Waals surface area contributed by atoms with Crippen molar-refractivity contribution in [1.29, 1.82) is 0 Å². The molecule has 2 aliphatic rings. The highest BCUT2D eigenvalue weighted by molar-refractivity contribution is 8.12. The van der Waals surface area contributed by atoms with Crippen molar-refractivity contribution in [2.24, 2.45) is 4.99 Å². The number of nitrogens with one attached hydrogen (secondary N) is 1. The van der Waals surface area contributed by atoms with Crippen molar-refractivity contribution in [1.82, 2.24) is 15.2 Å². The quantitative estimate of drug-likeness (QED) is 0.871. The maximum Gasteiger partial charge on any atom is 0.247 e. The van der Waals surface area contributed by atoms with E-state index in [1.54, 1.807) is 18.8 Å². The summed E-state index contributed by atoms with van der Waals surface area (Å²) < 4.78 is 5.37. The first-order chi connectivity index (χ1) is 9.29. The molecule has 0 fully saturated rings. The van der Waals surface area contributed by atoms with Gasteiger partial charge in [-0.3, -0.25) is 9.79 Å². The second kappa shape index (κ2) is 5.34. The summed E-state index contributed by atoms with van der Waals surface area (Å²) >= 11 is 1.70. The molecule has 0 saturated carbocycles. The van der Waals surface area contributed by atoms with Crippen LogP contribution in [0.5, 0.6) is 0 Å². The SMILES string of the molecule is CNC1C(=O)N(CC2CSC=N2)CCc2ncoc21. The minimum Gasteiger partial charge on any atom is -0.446 e. The van der Waals surface area contributed by atoms with Gasteiger partial charge in [-0.15, -0.1) is 11.8 Å². The zero-order valence-electron chi connectivity index (χ0n) is 10.7. The second-order valence-electron chi connectivity index (χ2n) is 4.66. The van der Waals surface area contributed by atoms with Crippen LogP contribution in [0.3, 0.4) is 0 Å². The van der Waals surface area contributed by atoms with Gasteiger partial charge in [-0.25, -0.2) is 4.98 Å². The van der Waals surface area contributed by atoms with Crippen molar-refractivity contribution in [2.75, 3.05) is 25.9 Å². The standard InChI is InChI=1S/C12H16N4O2S/c1-13-10-11-9(14-6-18-11)2-3-16(12(10)17)4-8-5-19-7-15-8/h6-8,10,13H,2-5H2,1H3. The molecule has 1 aromatic rings. The Morgan fingerprint density at radius 3 is 3.26 bits per heavy atom. The fourth-order valence-electron chi connectivity index (χ4n) is 2.46. The number of oxazole rings is 1. The number of fused-ring (bicyclic) bond motifs is 1. The molecule has 6 nitrogen and oxygen atoms in total. The summed E-state index contributed by atoms with van der Waals surface area (Å²) in [6.45, 7) is 1.35. The van der Waals surface area contributed by atoms with Gasteiger partial charge in [0.1, 0.15) is 6.04 Å². The number of hydrogen-bond donors (Lipinski definition) is 1. The number of aromatic nitrogens is 1. The number of carbonyl (C=O) groups excluding carboxylic acids is 1. The summed E-state index contributed by atoms with van der Waals surface area (Å²) in [7, 11) is 1.77. The topological polar surface area (TPSA) is 70.7 Å². The highest BCUT2D eigenvalue weighted by Gasteiger charge is 2.34. The molecule has 1 aromatic heterocycles. The van der Waals surface area contributed by atoms with Gasteiger partial charge in [0, 0.05) is 25.3 Å². The Bertz CT molecular complexity index is 502. The van der Waals surface area contributed by atoms with E-state index in [1.807, 2.05) is 10.4 Å². The Balaban J connectivity index is 1.79. The maximum absolute atomic E-state index is 12.5. The molecule has 3 rings (SSSR count). The van der Waals surface area contributed by atoms with Gasteiger partial charge >= 0.3 is 0 Å². The minimum atomic E-state index is -0.432. The molecule has 102 valence electrons. The van der Waals surface area contributed by atoms with Crippen molar-refractivity contribution in [3.63, 3.8) is 0 Å². The normalized spacial score (nSPS) is 26.6. The lowest BCUT2D eigenvalue weighted by atomic mass is 10.1. The summed E-state index contributed by atoms with van der Waals surface area (Å²) in [5.41, 5.74) is 2.74. The lowest BCUT2D eigenvalue weighted by Gasteiger charge is -2.25. The van der Waals surface area contributed by atoms with Gasteiger partial charge in [-0.2, -0.15) is 0 Å². The predicted molar refractivity (Wildman–Crippen MR) is 73.3 cm³/mol. The molecule has 1 N–H and O–H groups in total. The molecule has 2 aliphatic heterocycles. The molecule has 0 aliphatic carbocycles. The van der Waals surface area contributed by atoms with Gasteiger partial charge in [0.25, 0.3) is 0 Å². The summed E-state index contributed by atoms with van der Waals surface area (Å²) in [6.07, 6.45) is 2.15. The van der Waals surface area contributed by atoms with Crippen LogP contribution in [0.4, 0.5) is 0 Å². The maximum atomic E-state index is 12.5. The van der Waals surface area contributed by atoms with Crippen LogP contribution >= 0.6 is 11.8 Å². The third-order valence-electron chi connectivity index (χ3n) is 3.47. The summed E-state index contributed by atoms with van der Waals surface area (Å²) in [6, 6.07) is -0.221. The number of carbonyl (C=O) groups is 1. The summed E-state index contributed by atoms with van der Waals surface area (Å²) in [4.78, 5) is 23.0. The van der Waals surface area contributed by atoms with Gasteiger partial charge in [-0.1, -0.05) is 0 Å². The Morgan fingerprint density at radius 1 is 1.63 bits per heavy atom. The first-order valence-corrected chi connectivity index (χ1v) is 7.36. The molecule has 0 spiro atoms.